The summed E-state index contributed by atoms with van der Waals surface area (Å²) in [5, 5.41) is 7.70. The van der Waals surface area contributed by atoms with Crippen LogP contribution in [0.5, 0.6) is 0 Å². The number of benzene rings is 2. The van der Waals surface area contributed by atoms with Crippen molar-refractivity contribution in [2.45, 2.75) is 13.0 Å². The molecule has 0 radical (unpaired) electrons. The lowest BCUT2D eigenvalue weighted by molar-refractivity contribution is 0.210. The highest BCUT2D eigenvalue weighted by molar-refractivity contribution is 7.07. The second-order valence-corrected chi connectivity index (χ2v) is 6.94. The monoisotopic (exact) mass is 370 g/mol. The molecule has 0 saturated heterocycles. The Kier molecular flexibility index (Phi) is 6.09. The fourth-order valence-electron chi connectivity index (χ4n) is 2.50. The molecule has 0 aliphatic heterocycles. The number of carbonyl (C=O) groups excluding carboxylic acids is 1. The Bertz CT molecular complexity index is 788. The smallest absolute Gasteiger partial charge is 0.320 e. The normalized spacial score (nSPS) is 10.4. The second kappa shape index (κ2) is 8.70. The summed E-state index contributed by atoms with van der Waals surface area (Å²) in [5.41, 5.74) is 3.10. The zero-order valence-corrected chi connectivity index (χ0v) is 15.3. The molecule has 0 bridgehead atoms. The Morgan fingerprint density at radius 1 is 1.00 bits per heavy atom. The van der Waals surface area contributed by atoms with Crippen molar-refractivity contribution >= 4 is 34.7 Å². The fourth-order valence-corrected chi connectivity index (χ4v) is 3.29. The van der Waals surface area contributed by atoms with Crippen LogP contribution in [0.2, 0.25) is 5.02 Å². The molecule has 0 aliphatic carbocycles. The molecule has 0 saturated carbocycles. The van der Waals surface area contributed by atoms with E-state index in [9.17, 15) is 4.79 Å². The van der Waals surface area contributed by atoms with Gasteiger partial charge in [0.05, 0.1) is 0 Å². The lowest BCUT2D eigenvalue weighted by Crippen LogP contribution is -2.36. The first kappa shape index (κ1) is 17.5. The number of anilines is 1. The molecule has 0 spiro atoms. The maximum absolute atomic E-state index is 12.7. The average molecular weight is 371 g/mol. The van der Waals surface area contributed by atoms with Crippen molar-refractivity contribution in [3.63, 3.8) is 0 Å². The van der Waals surface area contributed by atoms with Crippen molar-refractivity contribution < 1.29 is 4.79 Å². The van der Waals surface area contributed by atoms with Crippen molar-refractivity contribution in [1.82, 2.24) is 4.90 Å². The summed E-state index contributed by atoms with van der Waals surface area (Å²) in [5.74, 6) is 0. The van der Waals surface area contributed by atoms with Crippen LogP contribution in [0.3, 0.4) is 0 Å². The molecule has 1 aromatic heterocycles. The van der Waals surface area contributed by atoms with E-state index in [1.54, 1.807) is 35.6 Å². The van der Waals surface area contributed by atoms with E-state index < -0.39 is 0 Å². The van der Waals surface area contributed by atoms with E-state index in [0.29, 0.717) is 18.1 Å². The van der Waals surface area contributed by atoms with Gasteiger partial charge in [-0.25, -0.2) is 4.79 Å². The third kappa shape index (κ3) is 5.34. The standard InChI is InChI=1S/C20H19ClN2OS/c21-18-6-8-19(9-7-18)22-20(24)23(14-17-11-13-25-15-17)12-10-16-4-2-1-3-5-16/h1-9,11,13,15H,10,12,14H2,(H,22,24). The van der Waals surface area contributed by atoms with Gasteiger partial charge in [-0.3, -0.25) is 0 Å². The lowest BCUT2D eigenvalue weighted by Gasteiger charge is -2.23. The predicted molar refractivity (Wildman–Crippen MR) is 105 cm³/mol. The van der Waals surface area contributed by atoms with Crippen molar-refractivity contribution in [3.8, 4) is 0 Å². The minimum atomic E-state index is -0.107. The summed E-state index contributed by atoms with van der Waals surface area (Å²) in [7, 11) is 0. The summed E-state index contributed by atoms with van der Waals surface area (Å²) in [6.45, 7) is 1.25. The van der Waals surface area contributed by atoms with Crippen molar-refractivity contribution in [2.75, 3.05) is 11.9 Å². The van der Waals surface area contributed by atoms with E-state index in [-0.39, 0.29) is 6.03 Å². The number of halogens is 1. The summed E-state index contributed by atoms with van der Waals surface area (Å²) in [6, 6.07) is 19.3. The molecule has 0 aliphatic rings. The second-order valence-electron chi connectivity index (χ2n) is 5.73. The number of amides is 2. The molecular weight excluding hydrogens is 352 g/mol. The van der Waals surface area contributed by atoms with E-state index >= 15 is 0 Å². The molecule has 25 heavy (non-hydrogen) atoms. The molecule has 5 heteroatoms. The van der Waals surface area contributed by atoms with Gasteiger partial charge in [-0.1, -0.05) is 41.9 Å². The molecule has 2 amide bonds. The molecule has 1 N–H and O–H groups in total. The molecule has 1 heterocycles. The van der Waals surface area contributed by atoms with Gasteiger partial charge in [0.25, 0.3) is 0 Å². The average Bonchev–Trinajstić information content (AvgIpc) is 3.14. The first-order chi connectivity index (χ1) is 12.2. The number of urea groups is 1. The molecule has 0 atom stereocenters. The molecule has 3 aromatic rings. The van der Waals surface area contributed by atoms with Gasteiger partial charge in [-0.15, -0.1) is 0 Å². The van der Waals surface area contributed by atoms with E-state index in [4.69, 9.17) is 11.6 Å². The van der Waals surface area contributed by atoms with Gasteiger partial charge in [-0.05, 0) is 58.6 Å². The lowest BCUT2D eigenvalue weighted by atomic mass is 10.1. The maximum atomic E-state index is 12.7. The van der Waals surface area contributed by atoms with Gasteiger partial charge >= 0.3 is 6.03 Å². The quantitative estimate of drug-likeness (QED) is 0.595. The van der Waals surface area contributed by atoms with Gasteiger partial charge in [-0.2, -0.15) is 11.3 Å². The summed E-state index contributed by atoms with van der Waals surface area (Å²) < 4.78 is 0. The predicted octanol–water partition coefficient (Wildman–Crippen LogP) is 5.68. The van der Waals surface area contributed by atoms with E-state index in [0.717, 1.165) is 17.7 Å². The van der Waals surface area contributed by atoms with Crippen molar-refractivity contribution in [1.29, 1.82) is 0 Å². The van der Waals surface area contributed by atoms with Crippen LogP contribution in [0, 0.1) is 0 Å². The first-order valence-corrected chi connectivity index (χ1v) is 9.39. The van der Waals surface area contributed by atoms with Crippen molar-refractivity contribution in [2.24, 2.45) is 0 Å². The van der Waals surface area contributed by atoms with Crippen LogP contribution < -0.4 is 5.32 Å². The van der Waals surface area contributed by atoms with Gasteiger partial charge in [0.1, 0.15) is 0 Å². The van der Waals surface area contributed by atoms with E-state index in [1.165, 1.54) is 5.56 Å². The Hall–Kier alpha value is -2.30. The highest BCUT2D eigenvalue weighted by Crippen LogP contribution is 2.16. The van der Waals surface area contributed by atoms with Gasteiger partial charge < -0.3 is 10.2 Å². The largest absolute Gasteiger partial charge is 0.322 e. The summed E-state index contributed by atoms with van der Waals surface area (Å²) in [6.07, 6.45) is 0.818. The van der Waals surface area contributed by atoms with Gasteiger partial charge in [0.15, 0.2) is 0 Å². The Morgan fingerprint density at radius 2 is 1.76 bits per heavy atom. The number of nitrogens with one attached hydrogen (secondary N) is 1. The molecule has 2 aromatic carbocycles. The van der Waals surface area contributed by atoms with Crippen LogP contribution in [0.4, 0.5) is 10.5 Å². The highest BCUT2D eigenvalue weighted by Gasteiger charge is 2.14. The number of carbonyl (C=O) groups is 1. The van der Waals surface area contributed by atoms with Gasteiger partial charge in [0, 0.05) is 23.8 Å². The number of thiophene rings is 1. The summed E-state index contributed by atoms with van der Waals surface area (Å²) in [4.78, 5) is 14.6. The Labute approximate surface area is 156 Å². The minimum Gasteiger partial charge on any atom is -0.320 e. The van der Waals surface area contributed by atoms with Crippen LogP contribution >= 0.6 is 22.9 Å². The van der Waals surface area contributed by atoms with Crippen LogP contribution in [0.15, 0.2) is 71.4 Å². The topological polar surface area (TPSA) is 32.3 Å². The SMILES string of the molecule is O=C(Nc1ccc(Cl)cc1)N(CCc1ccccc1)Cc1ccsc1. The fraction of sp³-hybridized carbons (Fsp3) is 0.150. The van der Waals surface area contributed by atoms with Crippen LogP contribution in [0.25, 0.3) is 0 Å². The maximum Gasteiger partial charge on any atom is 0.322 e. The number of nitrogens with zero attached hydrogens (tertiary/aromatic N) is 1. The summed E-state index contributed by atoms with van der Waals surface area (Å²) >= 11 is 7.54. The molecular formula is C20H19ClN2OS. The first-order valence-electron chi connectivity index (χ1n) is 8.07. The van der Waals surface area contributed by atoms with Gasteiger partial charge in [0.2, 0.25) is 0 Å². The molecule has 128 valence electrons. The van der Waals surface area contributed by atoms with E-state index in [2.05, 4.69) is 28.9 Å². The van der Waals surface area contributed by atoms with Crippen molar-refractivity contribution in [3.05, 3.63) is 87.6 Å². The van der Waals surface area contributed by atoms with Crippen LogP contribution in [-0.2, 0) is 13.0 Å². The zero-order valence-electron chi connectivity index (χ0n) is 13.7. The number of hydrogen-bond acceptors (Lipinski definition) is 2. The third-order valence-corrected chi connectivity index (χ3v) is 4.83. The molecule has 3 rings (SSSR count). The molecule has 0 fully saturated rings. The van der Waals surface area contributed by atoms with Crippen LogP contribution in [-0.4, -0.2) is 17.5 Å². The molecule has 3 nitrogen and oxygen atoms in total. The molecule has 0 unspecified atom stereocenters. The zero-order chi connectivity index (χ0) is 17.5. The van der Waals surface area contributed by atoms with Crippen LogP contribution in [0.1, 0.15) is 11.1 Å². The Morgan fingerprint density at radius 3 is 2.44 bits per heavy atom. The number of hydrogen-bond donors (Lipinski definition) is 1. The number of rotatable bonds is 6. The van der Waals surface area contributed by atoms with E-state index in [1.807, 2.05) is 28.5 Å². The minimum absolute atomic E-state index is 0.107. The third-order valence-electron chi connectivity index (χ3n) is 3.85. The Balaban J connectivity index is 1.68. The highest BCUT2D eigenvalue weighted by atomic mass is 35.5.